The zero-order valence-corrected chi connectivity index (χ0v) is 9.42. The smallest absolute Gasteiger partial charge is 0.210 e. The van der Waals surface area contributed by atoms with Crippen molar-refractivity contribution in [1.82, 2.24) is 9.80 Å². The van der Waals surface area contributed by atoms with Crippen LogP contribution in [0.1, 0.15) is 13.8 Å². The van der Waals surface area contributed by atoms with E-state index in [0.717, 1.165) is 26.2 Å². The minimum absolute atomic E-state index is 0. The van der Waals surface area contributed by atoms with E-state index < -0.39 is 6.42 Å². The van der Waals surface area contributed by atoms with Crippen molar-refractivity contribution in [2.75, 3.05) is 26.2 Å². The van der Waals surface area contributed by atoms with Gasteiger partial charge < -0.3 is 0 Å². The van der Waals surface area contributed by atoms with Gasteiger partial charge in [0.25, 0.3) is 0 Å². The first-order chi connectivity index (χ1) is 4.79. The zero-order valence-electron chi connectivity index (χ0n) is 7.09. The number of rotatable bonds is 2. The van der Waals surface area contributed by atoms with Gasteiger partial charge >= 0.3 is 0 Å². The first-order valence-corrected chi connectivity index (χ1v) is 3.91. The van der Waals surface area contributed by atoms with Gasteiger partial charge in [0.05, 0.1) is 0 Å². The third kappa shape index (κ3) is 2.52. The highest BCUT2D eigenvalue weighted by atomic mass is 127. The molecule has 1 aliphatic rings. The molecular weight excluding hydrogens is 258 g/mol. The summed E-state index contributed by atoms with van der Waals surface area (Å²) >= 11 is 0. The number of nitrogens with zero attached hydrogens (tertiary/aromatic N) is 2. The molecule has 2 nitrogen and oxygen atoms in total. The average molecular weight is 274 g/mol. The molecule has 0 atom stereocenters. The Balaban J connectivity index is 0.000001000. The van der Waals surface area contributed by atoms with Crippen molar-refractivity contribution < 1.29 is 4.39 Å². The van der Waals surface area contributed by atoms with Crippen LogP contribution in [0.3, 0.4) is 0 Å². The molecule has 0 aliphatic carbocycles. The standard InChI is InChI=1S/C7H15FN2.HI/c1-3-9-5-6-10(4-2)7(9)8;/h7H,3-6H2,1-2H3;1H. The van der Waals surface area contributed by atoms with Crippen molar-refractivity contribution in [3.63, 3.8) is 0 Å². The van der Waals surface area contributed by atoms with Gasteiger partial charge in [-0.15, -0.1) is 24.0 Å². The summed E-state index contributed by atoms with van der Waals surface area (Å²) in [5, 5.41) is 0. The van der Waals surface area contributed by atoms with Gasteiger partial charge in [-0.1, -0.05) is 13.8 Å². The lowest BCUT2D eigenvalue weighted by Gasteiger charge is -2.20. The fraction of sp³-hybridized carbons (Fsp3) is 1.00. The molecule has 0 radical (unpaired) electrons. The summed E-state index contributed by atoms with van der Waals surface area (Å²) in [6.07, 6.45) is -0.824. The van der Waals surface area contributed by atoms with Gasteiger partial charge in [-0.05, 0) is 13.1 Å². The van der Waals surface area contributed by atoms with E-state index in [4.69, 9.17) is 0 Å². The average Bonchev–Trinajstić information content (AvgIpc) is 2.30. The van der Waals surface area contributed by atoms with Gasteiger partial charge in [-0.3, -0.25) is 9.80 Å². The van der Waals surface area contributed by atoms with Crippen LogP contribution in [-0.4, -0.2) is 42.4 Å². The van der Waals surface area contributed by atoms with Gasteiger partial charge in [0.15, 0.2) is 0 Å². The number of hydrogen-bond donors (Lipinski definition) is 0. The Morgan fingerprint density at radius 3 is 1.73 bits per heavy atom. The van der Waals surface area contributed by atoms with Crippen LogP contribution in [0.5, 0.6) is 0 Å². The molecule has 0 aromatic rings. The first-order valence-electron chi connectivity index (χ1n) is 3.91. The minimum atomic E-state index is -0.824. The molecule has 4 heteroatoms. The second-order valence-corrected chi connectivity index (χ2v) is 2.57. The Morgan fingerprint density at radius 2 is 1.55 bits per heavy atom. The summed E-state index contributed by atoms with van der Waals surface area (Å²) in [5.41, 5.74) is 0. The van der Waals surface area contributed by atoms with Crippen LogP contribution in [0, 0.1) is 0 Å². The van der Waals surface area contributed by atoms with Crippen LogP contribution >= 0.6 is 24.0 Å². The molecule has 1 aliphatic heterocycles. The summed E-state index contributed by atoms with van der Waals surface area (Å²) in [4.78, 5) is 3.67. The summed E-state index contributed by atoms with van der Waals surface area (Å²) in [7, 11) is 0. The van der Waals surface area contributed by atoms with E-state index in [2.05, 4.69) is 0 Å². The van der Waals surface area contributed by atoms with Gasteiger partial charge in [0.2, 0.25) is 6.42 Å². The minimum Gasteiger partial charge on any atom is -0.260 e. The van der Waals surface area contributed by atoms with E-state index in [-0.39, 0.29) is 24.0 Å². The number of hydrogen-bond acceptors (Lipinski definition) is 2. The quantitative estimate of drug-likeness (QED) is 0.556. The van der Waals surface area contributed by atoms with Crippen molar-refractivity contribution in [2.45, 2.75) is 20.3 Å². The second kappa shape index (κ2) is 5.27. The maximum atomic E-state index is 13.1. The number of halogens is 2. The Kier molecular flexibility index (Phi) is 5.54. The van der Waals surface area contributed by atoms with E-state index in [1.807, 2.05) is 23.6 Å². The maximum Gasteiger partial charge on any atom is 0.210 e. The van der Waals surface area contributed by atoms with E-state index in [1.54, 1.807) is 0 Å². The lowest BCUT2D eigenvalue weighted by molar-refractivity contribution is 0.0235. The summed E-state index contributed by atoms with van der Waals surface area (Å²) < 4.78 is 13.1. The van der Waals surface area contributed by atoms with E-state index in [1.165, 1.54) is 0 Å². The van der Waals surface area contributed by atoms with Crippen molar-refractivity contribution in [2.24, 2.45) is 0 Å². The van der Waals surface area contributed by atoms with Crippen molar-refractivity contribution in [1.29, 1.82) is 0 Å². The highest BCUT2D eigenvalue weighted by molar-refractivity contribution is 14.0. The highest BCUT2D eigenvalue weighted by Crippen LogP contribution is 2.13. The largest absolute Gasteiger partial charge is 0.260 e. The molecule has 11 heavy (non-hydrogen) atoms. The number of alkyl halides is 1. The Hall–Kier alpha value is 0.580. The van der Waals surface area contributed by atoms with E-state index >= 15 is 0 Å². The molecular formula is C7H16FIN2. The maximum absolute atomic E-state index is 13.1. The summed E-state index contributed by atoms with van der Waals surface area (Å²) in [5.74, 6) is 0. The fourth-order valence-corrected chi connectivity index (χ4v) is 1.32. The van der Waals surface area contributed by atoms with E-state index in [9.17, 15) is 4.39 Å². The third-order valence-corrected chi connectivity index (χ3v) is 2.09. The molecule has 0 aromatic heterocycles. The second-order valence-electron chi connectivity index (χ2n) is 2.57. The van der Waals surface area contributed by atoms with Crippen LogP contribution in [0.25, 0.3) is 0 Å². The van der Waals surface area contributed by atoms with Crippen LogP contribution in [0.15, 0.2) is 0 Å². The Bertz CT molecular complexity index is 101. The van der Waals surface area contributed by atoms with Gasteiger partial charge in [0.1, 0.15) is 0 Å². The van der Waals surface area contributed by atoms with Crippen LogP contribution < -0.4 is 0 Å². The van der Waals surface area contributed by atoms with Crippen LogP contribution in [0.2, 0.25) is 0 Å². The molecule has 0 bridgehead atoms. The van der Waals surface area contributed by atoms with Gasteiger partial charge in [0, 0.05) is 13.1 Å². The van der Waals surface area contributed by atoms with Crippen molar-refractivity contribution in [3.8, 4) is 0 Å². The molecule has 0 N–H and O–H groups in total. The van der Waals surface area contributed by atoms with Crippen LogP contribution in [0.4, 0.5) is 4.39 Å². The zero-order chi connectivity index (χ0) is 7.56. The molecule has 0 spiro atoms. The predicted octanol–water partition coefficient (Wildman–Crippen LogP) is 1.51. The summed E-state index contributed by atoms with van der Waals surface area (Å²) in [6.45, 7) is 7.38. The molecule has 0 aromatic carbocycles. The van der Waals surface area contributed by atoms with Crippen LogP contribution in [-0.2, 0) is 0 Å². The fourth-order valence-electron chi connectivity index (χ4n) is 1.32. The monoisotopic (exact) mass is 274 g/mol. The highest BCUT2D eigenvalue weighted by Gasteiger charge is 2.28. The van der Waals surface area contributed by atoms with Gasteiger partial charge in [-0.2, -0.15) is 0 Å². The molecule has 1 saturated heterocycles. The molecule has 1 fully saturated rings. The first kappa shape index (κ1) is 11.6. The molecule has 0 saturated carbocycles. The lowest BCUT2D eigenvalue weighted by Crippen LogP contribution is -2.34. The molecule has 1 heterocycles. The number of likely N-dealkylation sites (N-methyl/N-ethyl adjacent to an activating group) is 2. The molecule has 1 rings (SSSR count). The van der Waals surface area contributed by atoms with Crippen molar-refractivity contribution >= 4 is 24.0 Å². The SMILES string of the molecule is CCN1CCN(CC)C1F.I. The Morgan fingerprint density at radius 1 is 1.18 bits per heavy atom. The lowest BCUT2D eigenvalue weighted by atomic mass is 10.6. The van der Waals surface area contributed by atoms with Gasteiger partial charge in [-0.25, -0.2) is 4.39 Å². The predicted molar refractivity (Wildman–Crippen MR) is 54.8 cm³/mol. The molecule has 68 valence electrons. The molecule has 0 unspecified atom stereocenters. The molecule has 0 amide bonds. The van der Waals surface area contributed by atoms with Crippen molar-refractivity contribution in [3.05, 3.63) is 0 Å². The summed E-state index contributed by atoms with van der Waals surface area (Å²) in [6, 6.07) is 0. The third-order valence-electron chi connectivity index (χ3n) is 2.09. The van der Waals surface area contributed by atoms with E-state index in [0.29, 0.717) is 0 Å². The Labute approximate surface area is 84.8 Å². The topological polar surface area (TPSA) is 6.48 Å². The normalized spacial score (nSPS) is 22.1.